The number of hydrogen-bond acceptors (Lipinski definition) is 5. The Kier molecular flexibility index (Phi) is 8.66. The van der Waals surface area contributed by atoms with Gasteiger partial charge in [0.25, 0.3) is 0 Å². The number of hydrogen-bond donors (Lipinski definition) is 2. The lowest BCUT2D eigenvalue weighted by Gasteiger charge is -2.27. The number of thiocarbonyl (C=S) groups is 1. The molecule has 1 heterocycles. The molecule has 0 aliphatic carbocycles. The van der Waals surface area contributed by atoms with Gasteiger partial charge in [0.2, 0.25) is 0 Å². The molecule has 28 heavy (non-hydrogen) atoms. The summed E-state index contributed by atoms with van der Waals surface area (Å²) in [4.78, 5) is 14.4. The van der Waals surface area contributed by atoms with E-state index in [1.807, 2.05) is 7.05 Å². The maximum absolute atomic E-state index is 13.2. The zero-order valence-corrected chi connectivity index (χ0v) is 17.4. The van der Waals surface area contributed by atoms with Crippen molar-refractivity contribution >= 4 is 29.0 Å². The minimum Gasteiger partial charge on any atom is -0.462 e. The highest BCUT2D eigenvalue weighted by Gasteiger charge is 2.29. The largest absolute Gasteiger partial charge is 0.462 e. The number of carbonyl (C=O) groups is 1. The molecule has 1 aromatic rings. The van der Waals surface area contributed by atoms with Gasteiger partial charge in [-0.05, 0) is 49.7 Å². The van der Waals surface area contributed by atoms with Crippen LogP contribution in [0.25, 0.3) is 0 Å². The molecule has 0 saturated carbocycles. The SMILES string of the molecule is COCCN(C)c1ccc(CCCOC(=O)C2=C(C)NC(=S)NC2CF)cc1. The third-order valence-electron chi connectivity index (χ3n) is 4.58. The lowest BCUT2D eigenvalue weighted by atomic mass is 10.0. The lowest BCUT2D eigenvalue weighted by Crippen LogP contribution is -2.50. The third kappa shape index (κ3) is 6.17. The molecule has 1 unspecified atom stereocenters. The molecule has 0 aromatic heterocycles. The van der Waals surface area contributed by atoms with Crippen LogP contribution in [0.5, 0.6) is 0 Å². The van der Waals surface area contributed by atoms with Crippen molar-refractivity contribution in [3.8, 4) is 0 Å². The predicted octanol–water partition coefficient (Wildman–Crippen LogP) is 2.33. The fourth-order valence-corrected chi connectivity index (χ4v) is 3.27. The van der Waals surface area contributed by atoms with E-state index in [0.29, 0.717) is 23.8 Å². The summed E-state index contributed by atoms with van der Waals surface area (Å²) in [6, 6.07) is 7.52. The van der Waals surface area contributed by atoms with Crippen LogP contribution in [0.2, 0.25) is 0 Å². The highest BCUT2D eigenvalue weighted by Crippen LogP contribution is 2.16. The first kappa shape index (κ1) is 22.1. The zero-order valence-electron chi connectivity index (χ0n) is 16.6. The summed E-state index contributed by atoms with van der Waals surface area (Å²) in [7, 11) is 3.71. The van der Waals surface area contributed by atoms with Crippen LogP contribution in [0.3, 0.4) is 0 Å². The molecule has 154 valence electrons. The molecule has 1 aliphatic rings. The second kappa shape index (κ2) is 11.0. The van der Waals surface area contributed by atoms with Crippen LogP contribution in [0.1, 0.15) is 18.9 Å². The Hall–Kier alpha value is -2.19. The number of methoxy groups -OCH3 is 1. The van der Waals surface area contributed by atoms with Crippen LogP contribution >= 0.6 is 12.2 Å². The number of benzene rings is 1. The monoisotopic (exact) mass is 409 g/mol. The Labute approximate surface area is 171 Å². The molecule has 1 atom stereocenters. The van der Waals surface area contributed by atoms with Gasteiger partial charge >= 0.3 is 5.97 Å². The van der Waals surface area contributed by atoms with Crippen molar-refractivity contribution in [1.82, 2.24) is 10.6 Å². The number of rotatable bonds is 10. The average molecular weight is 410 g/mol. The number of halogens is 1. The number of allylic oxidation sites excluding steroid dienone is 1. The van der Waals surface area contributed by atoms with E-state index in [2.05, 4.69) is 39.8 Å². The van der Waals surface area contributed by atoms with Crippen LogP contribution < -0.4 is 15.5 Å². The molecule has 0 radical (unpaired) electrons. The summed E-state index contributed by atoms with van der Waals surface area (Å²) >= 11 is 4.99. The molecule has 0 spiro atoms. The van der Waals surface area contributed by atoms with Crippen LogP contribution in [0.15, 0.2) is 35.5 Å². The van der Waals surface area contributed by atoms with Crippen molar-refractivity contribution in [2.75, 3.05) is 45.5 Å². The second-order valence-electron chi connectivity index (χ2n) is 6.66. The fraction of sp³-hybridized carbons (Fsp3) is 0.500. The first-order chi connectivity index (χ1) is 13.5. The highest BCUT2D eigenvalue weighted by atomic mass is 32.1. The number of alkyl halides is 1. The summed E-state index contributed by atoms with van der Waals surface area (Å²) in [5.74, 6) is -0.516. The normalized spacial score (nSPS) is 16.4. The molecular weight excluding hydrogens is 381 g/mol. The molecule has 0 saturated heterocycles. The Morgan fingerprint density at radius 2 is 2.00 bits per heavy atom. The zero-order chi connectivity index (χ0) is 20.5. The van der Waals surface area contributed by atoms with E-state index in [9.17, 15) is 9.18 Å². The van der Waals surface area contributed by atoms with Gasteiger partial charge in [0.05, 0.1) is 24.8 Å². The maximum atomic E-state index is 13.2. The quantitative estimate of drug-likeness (QED) is 0.349. The smallest absolute Gasteiger partial charge is 0.337 e. The van der Waals surface area contributed by atoms with E-state index in [0.717, 1.165) is 18.7 Å². The van der Waals surface area contributed by atoms with Gasteiger partial charge in [-0.25, -0.2) is 9.18 Å². The number of nitrogens with zero attached hydrogens (tertiary/aromatic N) is 1. The van der Waals surface area contributed by atoms with Crippen LogP contribution in [-0.4, -0.2) is 57.7 Å². The topological polar surface area (TPSA) is 62.8 Å². The minimum absolute atomic E-state index is 0.263. The Balaban J connectivity index is 1.80. The lowest BCUT2D eigenvalue weighted by molar-refractivity contribution is -0.139. The fourth-order valence-electron chi connectivity index (χ4n) is 2.97. The summed E-state index contributed by atoms with van der Waals surface area (Å²) in [5.41, 5.74) is 3.09. The van der Waals surface area contributed by atoms with E-state index in [4.69, 9.17) is 21.7 Å². The van der Waals surface area contributed by atoms with Gasteiger partial charge in [-0.2, -0.15) is 0 Å². The molecule has 1 aromatic carbocycles. The number of likely N-dealkylation sites (N-methyl/N-ethyl adjacent to an activating group) is 1. The molecule has 0 bridgehead atoms. The molecule has 8 heteroatoms. The number of carbonyl (C=O) groups excluding carboxylic acids is 1. The number of anilines is 1. The van der Waals surface area contributed by atoms with Crippen LogP contribution in [0, 0.1) is 0 Å². The highest BCUT2D eigenvalue weighted by molar-refractivity contribution is 7.80. The first-order valence-electron chi connectivity index (χ1n) is 9.26. The van der Waals surface area contributed by atoms with E-state index >= 15 is 0 Å². The van der Waals surface area contributed by atoms with E-state index in [1.54, 1.807) is 14.0 Å². The third-order valence-corrected chi connectivity index (χ3v) is 4.80. The van der Waals surface area contributed by atoms with Crippen molar-refractivity contribution < 1.29 is 18.7 Å². The number of aryl methyl sites for hydroxylation is 1. The molecular formula is C20H28FN3O3S. The number of esters is 1. The van der Waals surface area contributed by atoms with Crippen molar-refractivity contribution in [2.24, 2.45) is 0 Å². The molecule has 0 amide bonds. The van der Waals surface area contributed by atoms with Gasteiger partial charge in [-0.1, -0.05) is 12.1 Å². The summed E-state index contributed by atoms with van der Waals surface area (Å²) in [5, 5.41) is 5.90. The van der Waals surface area contributed by atoms with Gasteiger partial charge in [0, 0.05) is 32.1 Å². The predicted molar refractivity (Wildman–Crippen MR) is 112 cm³/mol. The Morgan fingerprint density at radius 1 is 1.29 bits per heavy atom. The Morgan fingerprint density at radius 3 is 2.64 bits per heavy atom. The molecule has 6 nitrogen and oxygen atoms in total. The summed E-state index contributed by atoms with van der Waals surface area (Å²) in [6.45, 7) is 2.75. The van der Waals surface area contributed by atoms with Gasteiger partial charge in [0.1, 0.15) is 6.67 Å². The van der Waals surface area contributed by atoms with Crippen molar-refractivity contribution in [3.63, 3.8) is 0 Å². The van der Waals surface area contributed by atoms with E-state index in [-0.39, 0.29) is 12.2 Å². The standard InChI is InChI=1S/C20H28FN3O3S/c1-14-18(17(13-21)23-20(28)22-14)19(25)27-11-4-5-15-6-8-16(9-7-15)24(2)10-12-26-3/h6-9,17H,4-5,10-13H2,1-3H3,(H2,22,23,28). The number of ether oxygens (including phenoxy) is 2. The van der Waals surface area contributed by atoms with Gasteiger partial charge < -0.3 is 25.0 Å². The first-order valence-corrected chi connectivity index (χ1v) is 9.67. The molecule has 0 fully saturated rings. The van der Waals surface area contributed by atoms with Gasteiger partial charge in [-0.15, -0.1) is 0 Å². The second-order valence-corrected chi connectivity index (χ2v) is 7.07. The van der Waals surface area contributed by atoms with Gasteiger partial charge in [0.15, 0.2) is 5.11 Å². The van der Waals surface area contributed by atoms with E-state index < -0.39 is 18.7 Å². The van der Waals surface area contributed by atoms with Gasteiger partial charge in [-0.3, -0.25) is 0 Å². The summed E-state index contributed by atoms with van der Waals surface area (Å²) in [6.07, 6.45) is 1.48. The van der Waals surface area contributed by atoms with Crippen molar-refractivity contribution in [1.29, 1.82) is 0 Å². The number of nitrogens with one attached hydrogen (secondary N) is 2. The molecule has 1 aliphatic heterocycles. The average Bonchev–Trinajstić information content (AvgIpc) is 2.69. The van der Waals surface area contributed by atoms with Crippen molar-refractivity contribution in [2.45, 2.75) is 25.8 Å². The van der Waals surface area contributed by atoms with Crippen LogP contribution in [-0.2, 0) is 20.7 Å². The van der Waals surface area contributed by atoms with E-state index in [1.165, 1.54) is 5.56 Å². The molecule has 2 rings (SSSR count). The minimum atomic E-state index is -0.760. The molecule has 2 N–H and O–H groups in total. The Bertz CT molecular complexity index is 709. The maximum Gasteiger partial charge on any atom is 0.337 e. The summed E-state index contributed by atoms with van der Waals surface area (Å²) < 4.78 is 23.6. The van der Waals surface area contributed by atoms with Crippen LogP contribution in [0.4, 0.5) is 10.1 Å². The van der Waals surface area contributed by atoms with Crippen molar-refractivity contribution in [3.05, 3.63) is 41.1 Å².